The van der Waals surface area contributed by atoms with Gasteiger partial charge in [-0.15, -0.1) is 0 Å². The van der Waals surface area contributed by atoms with Crippen LogP contribution in [0.3, 0.4) is 0 Å². The molecule has 0 aliphatic heterocycles. The Morgan fingerprint density at radius 1 is 1.20 bits per heavy atom. The summed E-state index contributed by atoms with van der Waals surface area (Å²) in [6.45, 7) is 5.24. The molecule has 0 fully saturated rings. The lowest BCUT2D eigenvalue weighted by atomic mass is 10.0. The van der Waals surface area contributed by atoms with Crippen LogP contribution in [0, 0.1) is 17.2 Å². The standard InChI is InChI=1S/C20H18N4O/c1-12(2)10-24-11-22-20-18(24)7-6-16-19(20)15(9-21)14-5-4-13(25-3)8-17(14)23-16/h4-8,11-12H,10H2,1-3H3. The lowest BCUT2D eigenvalue weighted by molar-refractivity contribution is 0.415. The normalized spacial score (nSPS) is 11.5. The second kappa shape index (κ2) is 5.75. The molecule has 4 rings (SSSR count). The third kappa shape index (κ3) is 2.38. The largest absolute Gasteiger partial charge is 0.497 e. The Bertz CT molecular complexity index is 1150. The molecule has 0 N–H and O–H groups in total. The van der Waals surface area contributed by atoms with Gasteiger partial charge in [-0.2, -0.15) is 5.26 Å². The van der Waals surface area contributed by atoms with Crippen LogP contribution < -0.4 is 4.74 Å². The molecule has 0 radical (unpaired) electrons. The Balaban J connectivity index is 2.10. The van der Waals surface area contributed by atoms with Crippen molar-refractivity contribution in [1.29, 1.82) is 5.26 Å². The fraction of sp³-hybridized carbons (Fsp3) is 0.250. The number of rotatable bonds is 3. The van der Waals surface area contributed by atoms with Crippen molar-refractivity contribution in [2.75, 3.05) is 7.11 Å². The highest BCUT2D eigenvalue weighted by molar-refractivity contribution is 6.11. The molecule has 25 heavy (non-hydrogen) atoms. The first-order valence-electron chi connectivity index (χ1n) is 8.27. The van der Waals surface area contributed by atoms with E-state index in [4.69, 9.17) is 9.72 Å². The first-order valence-corrected chi connectivity index (χ1v) is 8.27. The maximum Gasteiger partial charge on any atom is 0.121 e. The molecular weight excluding hydrogens is 312 g/mol. The number of nitriles is 1. The van der Waals surface area contributed by atoms with Gasteiger partial charge in [-0.25, -0.2) is 9.97 Å². The number of imidazole rings is 1. The van der Waals surface area contributed by atoms with E-state index < -0.39 is 0 Å². The zero-order valence-corrected chi connectivity index (χ0v) is 14.4. The van der Waals surface area contributed by atoms with Crippen LogP contribution >= 0.6 is 0 Å². The summed E-state index contributed by atoms with van der Waals surface area (Å²) < 4.78 is 7.42. The molecule has 2 heterocycles. The van der Waals surface area contributed by atoms with Crippen LogP contribution in [0.2, 0.25) is 0 Å². The highest BCUT2D eigenvalue weighted by Crippen LogP contribution is 2.32. The second-order valence-electron chi connectivity index (χ2n) is 6.60. The van der Waals surface area contributed by atoms with E-state index in [2.05, 4.69) is 29.5 Å². The average molecular weight is 330 g/mol. The third-order valence-corrected chi connectivity index (χ3v) is 4.41. The number of benzene rings is 2. The van der Waals surface area contributed by atoms with Gasteiger partial charge in [-0.1, -0.05) is 13.8 Å². The van der Waals surface area contributed by atoms with Crippen molar-refractivity contribution < 1.29 is 4.74 Å². The molecule has 0 bridgehead atoms. The van der Waals surface area contributed by atoms with Gasteiger partial charge >= 0.3 is 0 Å². The Kier molecular flexibility index (Phi) is 3.54. The fourth-order valence-corrected chi connectivity index (χ4v) is 3.32. The van der Waals surface area contributed by atoms with Gasteiger partial charge in [0, 0.05) is 23.4 Å². The Morgan fingerprint density at radius 3 is 2.76 bits per heavy atom. The number of aromatic nitrogens is 3. The van der Waals surface area contributed by atoms with Crippen molar-refractivity contribution >= 4 is 32.8 Å². The molecule has 0 saturated carbocycles. The number of methoxy groups -OCH3 is 1. The van der Waals surface area contributed by atoms with Gasteiger partial charge < -0.3 is 9.30 Å². The van der Waals surface area contributed by atoms with E-state index in [9.17, 15) is 5.26 Å². The predicted molar refractivity (Wildman–Crippen MR) is 98.6 cm³/mol. The molecule has 0 saturated heterocycles. The molecule has 5 nitrogen and oxygen atoms in total. The first-order chi connectivity index (χ1) is 12.1. The minimum absolute atomic E-state index is 0.519. The number of ether oxygens (including phenoxy) is 1. The van der Waals surface area contributed by atoms with Crippen molar-refractivity contribution in [1.82, 2.24) is 14.5 Å². The molecule has 124 valence electrons. The van der Waals surface area contributed by atoms with Gasteiger partial charge in [0.25, 0.3) is 0 Å². The molecule has 0 amide bonds. The molecule has 5 heteroatoms. The Hall–Kier alpha value is -3.13. The van der Waals surface area contributed by atoms with Crippen LogP contribution in [0.1, 0.15) is 19.4 Å². The van der Waals surface area contributed by atoms with Crippen molar-refractivity contribution in [3.63, 3.8) is 0 Å². The summed E-state index contributed by atoms with van der Waals surface area (Å²) in [5, 5.41) is 11.5. The summed E-state index contributed by atoms with van der Waals surface area (Å²) in [5.41, 5.74) is 4.01. The van der Waals surface area contributed by atoms with E-state index in [1.165, 1.54) is 0 Å². The van der Waals surface area contributed by atoms with E-state index >= 15 is 0 Å². The van der Waals surface area contributed by atoms with Crippen molar-refractivity contribution in [2.45, 2.75) is 20.4 Å². The van der Waals surface area contributed by atoms with Gasteiger partial charge in [0.05, 0.1) is 41.1 Å². The Morgan fingerprint density at radius 2 is 2.04 bits per heavy atom. The number of pyridine rings is 1. The summed E-state index contributed by atoms with van der Waals surface area (Å²) in [6.07, 6.45) is 1.85. The topological polar surface area (TPSA) is 63.7 Å². The molecule has 0 atom stereocenters. The number of nitrogens with zero attached hydrogens (tertiary/aromatic N) is 4. The molecule has 4 aromatic rings. The molecule has 0 spiro atoms. The monoisotopic (exact) mass is 330 g/mol. The zero-order valence-electron chi connectivity index (χ0n) is 14.4. The molecule has 0 unspecified atom stereocenters. The lowest BCUT2D eigenvalue weighted by Crippen LogP contribution is -2.02. The van der Waals surface area contributed by atoms with E-state index in [1.807, 2.05) is 36.7 Å². The maximum absolute atomic E-state index is 9.83. The van der Waals surface area contributed by atoms with E-state index in [1.54, 1.807) is 7.11 Å². The van der Waals surface area contributed by atoms with Crippen molar-refractivity contribution in [3.8, 4) is 11.8 Å². The molecular formula is C20H18N4O. The van der Waals surface area contributed by atoms with Gasteiger partial charge in [-0.05, 0) is 30.2 Å². The first kappa shape index (κ1) is 15.4. The van der Waals surface area contributed by atoms with Crippen LogP contribution in [-0.2, 0) is 6.54 Å². The maximum atomic E-state index is 9.83. The van der Waals surface area contributed by atoms with E-state index in [0.29, 0.717) is 11.5 Å². The van der Waals surface area contributed by atoms with E-state index in [0.717, 1.165) is 45.1 Å². The average Bonchev–Trinajstić information content (AvgIpc) is 3.01. The molecule has 0 aliphatic carbocycles. The summed E-state index contributed by atoms with van der Waals surface area (Å²) in [5.74, 6) is 1.25. The third-order valence-electron chi connectivity index (χ3n) is 4.41. The van der Waals surface area contributed by atoms with E-state index in [-0.39, 0.29) is 0 Å². The number of hydrogen-bond donors (Lipinski definition) is 0. The fourth-order valence-electron chi connectivity index (χ4n) is 3.32. The highest BCUT2D eigenvalue weighted by Gasteiger charge is 2.15. The summed E-state index contributed by atoms with van der Waals surface area (Å²) in [4.78, 5) is 9.33. The van der Waals surface area contributed by atoms with Crippen molar-refractivity contribution in [2.24, 2.45) is 5.92 Å². The van der Waals surface area contributed by atoms with Crippen LogP contribution in [-0.4, -0.2) is 21.6 Å². The summed E-state index contributed by atoms with van der Waals surface area (Å²) in [6, 6.07) is 12.0. The summed E-state index contributed by atoms with van der Waals surface area (Å²) >= 11 is 0. The second-order valence-corrected chi connectivity index (χ2v) is 6.60. The molecule has 2 aromatic carbocycles. The Labute approximate surface area is 145 Å². The smallest absolute Gasteiger partial charge is 0.121 e. The quantitative estimate of drug-likeness (QED) is 0.526. The van der Waals surface area contributed by atoms with Crippen LogP contribution in [0.5, 0.6) is 5.75 Å². The minimum atomic E-state index is 0.519. The zero-order chi connectivity index (χ0) is 17.6. The minimum Gasteiger partial charge on any atom is -0.497 e. The van der Waals surface area contributed by atoms with Crippen LogP contribution in [0.25, 0.3) is 32.8 Å². The molecule has 0 aliphatic rings. The van der Waals surface area contributed by atoms with Crippen LogP contribution in [0.4, 0.5) is 0 Å². The summed E-state index contributed by atoms with van der Waals surface area (Å²) in [7, 11) is 1.62. The van der Waals surface area contributed by atoms with Crippen LogP contribution in [0.15, 0.2) is 36.7 Å². The highest BCUT2D eigenvalue weighted by atomic mass is 16.5. The lowest BCUT2D eigenvalue weighted by Gasteiger charge is -2.09. The van der Waals surface area contributed by atoms with Gasteiger partial charge in [0.15, 0.2) is 0 Å². The number of fused-ring (bicyclic) bond motifs is 4. The van der Waals surface area contributed by atoms with Crippen molar-refractivity contribution in [3.05, 3.63) is 42.2 Å². The van der Waals surface area contributed by atoms with Gasteiger partial charge in [0.1, 0.15) is 11.8 Å². The predicted octanol–water partition coefficient (Wildman–Crippen LogP) is 4.27. The van der Waals surface area contributed by atoms with Gasteiger partial charge in [-0.3, -0.25) is 0 Å². The number of hydrogen-bond acceptors (Lipinski definition) is 4. The SMILES string of the molecule is COc1ccc2c(C#N)c3c(ccc4c3ncn4CC(C)C)nc2c1. The van der Waals surface area contributed by atoms with Gasteiger partial charge in [0.2, 0.25) is 0 Å². The molecule has 2 aromatic heterocycles.